The number of carboxylic acids is 1. The maximum Gasteiger partial charge on any atom is 0.306 e. The van der Waals surface area contributed by atoms with Crippen LogP contribution in [0.1, 0.15) is 25.7 Å². The van der Waals surface area contributed by atoms with E-state index in [9.17, 15) is 9.90 Å². The van der Waals surface area contributed by atoms with E-state index < -0.39 is 11.6 Å². The van der Waals surface area contributed by atoms with E-state index in [4.69, 9.17) is 16.7 Å². The molecular weight excluding hydrogens is 290 g/mol. The van der Waals surface area contributed by atoms with Gasteiger partial charge in [-0.1, -0.05) is 23.7 Å². The minimum Gasteiger partial charge on any atom is -0.481 e. The SMILES string of the molecule is O=C(O)C1CCC(O)(Cn2ccc3cccc(Cl)c32)CC1. The zero-order chi connectivity index (χ0) is 15.0. The van der Waals surface area contributed by atoms with E-state index in [-0.39, 0.29) is 5.92 Å². The van der Waals surface area contributed by atoms with Gasteiger partial charge in [0.15, 0.2) is 0 Å². The molecule has 3 rings (SSSR count). The maximum absolute atomic E-state index is 11.0. The first-order valence-corrected chi connectivity index (χ1v) is 7.55. The first-order chi connectivity index (χ1) is 9.98. The van der Waals surface area contributed by atoms with Gasteiger partial charge in [-0.05, 0) is 37.8 Å². The van der Waals surface area contributed by atoms with Crippen molar-refractivity contribution >= 4 is 28.5 Å². The predicted octanol–water partition coefficient (Wildman–Crippen LogP) is 3.30. The van der Waals surface area contributed by atoms with Crippen molar-refractivity contribution in [2.45, 2.75) is 37.8 Å². The van der Waals surface area contributed by atoms with E-state index in [2.05, 4.69) is 0 Å². The number of para-hydroxylation sites is 1. The molecule has 0 bridgehead atoms. The molecule has 0 saturated heterocycles. The lowest BCUT2D eigenvalue weighted by Gasteiger charge is -2.35. The fraction of sp³-hybridized carbons (Fsp3) is 0.438. The minimum atomic E-state index is -0.850. The summed E-state index contributed by atoms with van der Waals surface area (Å²) in [6.07, 6.45) is 4.00. The molecule has 1 fully saturated rings. The highest BCUT2D eigenvalue weighted by atomic mass is 35.5. The number of benzene rings is 1. The molecule has 1 aromatic heterocycles. The summed E-state index contributed by atoms with van der Waals surface area (Å²) in [5.74, 6) is -1.08. The highest BCUT2D eigenvalue weighted by Crippen LogP contribution is 2.35. The molecule has 5 heteroatoms. The van der Waals surface area contributed by atoms with Crippen molar-refractivity contribution in [2.75, 3.05) is 0 Å². The molecule has 0 spiro atoms. The number of hydrogen-bond donors (Lipinski definition) is 2. The van der Waals surface area contributed by atoms with E-state index >= 15 is 0 Å². The average Bonchev–Trinajstić information content (AvgIpc) is 2.83. The number of aliphatic hydroxyl groups is 1. The number of halogens is 1. The van der Waals surface area contributed by atoms with Crippen LogP contribution in [0.3, 0.4) is 0 Å². The minimum absolute atomic E-state index is 0.324. The Hall–Kier alpha value is -1.52. The quantitative estimate of drug-likeness (QED) is 0.914. The third kappa shape index (κ3) is 2.78. The van der Waals surface area contributed by atoms with Crippen LogP contribution in [0.15, 0.2) is 30.5 Å². The normalized spacial score (nSPS) is 26.1. The standard InChI is InChI=1S/C16H18ClNO3/c17-13-3-1-2-11-6-9-18(14(11)13)10-16(21)7-4-12(5-8-16)15(19)20/h1-3,6,9,12,21H,4-5,7-8,10H2,(H,19,20). The Balaban J connectivity index is 1.81. The van der Waals surface area contributed by atoms with Crippen molar-refractivity contribution in [3.63, 3.8) is 0 Å². The van der Waals surface area contributed by atoms with Gasteiger partial charge in [0, 0.05) is 11.6 Å². The van der Waals surface area contributed by atoms with Gasteiger partial charge >= 0.3 is 5.97 Å². The van der Waals surface area contributed by atoms with Crippen LogP contribution in [0.25, 0.3) is 10.9 Å². The van der Waals surface area contributed by atoms with Gasteiger partial charge in [-0.3, -0.25) is 4.79 Å². The van der Waals surface area contributed by atoms with Crippen molar-refractivity contribution in [3.8, 4) is 0 Å². The Morgan fingerprint density at radius 3 is 2.71 bits per heavy atom. The fourth-order valence-electron chi connectivity index (χ4n) is 3.22. The number of fused-ring (bicyclic) bond motifs is 1. The van der Waals surface area contributed by atoms with Crippen LogP contribution in [0.2, 0.25) is 5.02 Å². The summed E-state index contributed by atoms with van der Waals surface area (Å²) in [4.78, 5) is 11.0. The lowest BCUT2D eigenvalue weighted by atomic mass is 9.79. The van der Waals surface area contributed by atoms with Gasteiger partial charge in [0.2, 0.25) is 0 Å². The molecule has 2 N–H and O–H groups in total. The smallest absolute Gasteiger partial charge is 0.306 e. The fourth-order valence-corrected chi connectivity index (χ4v) is 3.51. The summed E-state index contributed by atoms with van der Waals surface area (Å²) >= 11 is 6.25. The Bertz CT molecular complexity index is 671. The summed E-state index contributed by atoms with van der Waals surface area (Å²) < 4.78 is 1.97. The monoisotopic (exact) mass is 307 g/mol. The summed E-state index contributed by atoms with van der Waals surface area (Å²) in [5, 5.41) is 21.5. The number of hydrogen-bond acceptors (Lipinski definition) is 2. The van der Waals surface area contributed by atoms with Gasteiger partial charge in [0.25, 0.3) is 0 Å². The topological polar surface area (TPSA) is 62.5 Å². The van der Waals surface area contributed by atoms with Crippen molar-refractivity contribution in [3.05, 3.63) is 35.5 Å². The number of nitrogens with zero attached hydrogens (tertiary/aromatic N) is 1. The molecule has 1 aliphatic rings. The van der Waals surface area contributed by atoms with Crippen LogP contribution in [0.5, 0.6) is 0 Å². The van der Waals surface area contributed by atoms with Crippen LogP contribution >= 0.6 is 11.6 Å². The zero-order valence-corrected chi connectivity index (χ0v) is 12.4. The van der Waals surface area contributed by atoms with E-state index in [1.807, 2.05) is 35.0 Å². The molecule has 1 aromatic carbocycles. The van der Waals surface area contributed by atoms with Crippen molar-refractivity contribution in [2.24, 2.45) is 5.92 Å². The number of rotatable bonds is 3. The first kappa shape index (κ1) is 14.4. The lowest BCUT2D eigenvalue weighted by Crippen LogP contribution is -2.39. The van der Waals surface area contributed by atoms with Gasteiger partial charge in [0.1, 0.15) is 0 Å². The highest BCUT2D eigenvalue weighted by molar-refractivity contribution is 6.35. The van der Waals surface area contributed by atoms with Gasteiger partial charge in [-0.15, -0.1) is 0 Å². The van der Waals surface area contributed by atoms with E-state index in [1.165, 1.54) is 0 Å². The molecule has 0 atom stereocenters. The van der Waals surface area contributed by atoms with Crippen LogP contribution in [-0.4, -0.2) is 26.4 Å². The molecule has 0 amide bonds. The summed E-state index contributed by atoms with van der Waals surface area (Å²) in [7, 11) is 0. The second-order valence-corrected chi connectivity index (χ2v) is 6.37. The summed E-state index contributed by atoms with van der Waals surface area (Å²) in [6.45, 7) is 0.451. The molecule has 112 valence electrons. The molecule has 21 heavy (non-hydrogen) atoms. The molecular formula is C16H18ClNO3. The highest BCUT2D eigenvalue weighted by Gasteiger charge is 2.36. The maximum atomic E-state index is 11.0. The second-order valence-electron chi connectivity index (χ2n) is 5.96. The Labute approximate surface area is 127 Å². The lowest BCUT2D eigenvalue weighted by molar-refractivity contribution is -0.145. The third-order valence-corrected chi connectivity index (χ3v) is 4.77. The Morgan fingerprint density at radius 1 is 1.33 bits per heavy atom. The number of carbonyl (C=O) groups is 1. The predicted molar refractivity (Wildman–Crippen MR) is 81.5 cm³/mol. The van der Waals surface area contributed by atoms with Crippen molar-refractivity contribution < 1.29 is 15.0 Å². The largest absolute Gasteiger partial charge is 0.481 e. The molecule has 1 heterocycles. The number of aromatic nitrogens is 1. The Kier molecular flexibility index (Phi) is 3.68. The van der Waals surface area contributed by atoms with Gasteiger partial charge in [-0.25, -0.2) is 0 Å². The summed E-state index contributed by atoms with van der Waals surface area (Å²) in [6, 6.07) is 7.71. The summed E-state index contributed by atoms with van der Waals surface area (Å²) in [5.41, 5.74) is 0.0739. The van der Waals surface area contributed by atoms with Crippen LogP contribution in [0, 0.1) is 5.92 Å². The van der Waals surface area contributed by atoms with Crippen LogP contribution in [-0.2, 0) is 11.3 Å². The second kappa shape index (κ2) is 5.35. The molecule has 4 nitrogen and oxygen atoms in total. The van der Waals surface area contributed by atoms with Gasteiger partial charge in [0.05, 0.1) is 28.6 Å². The van der Waals surface area contributed by atoms with Gasteiger partial charge < -0.3 is 14.8 Å². The molecule has 0 aliphatic heterocycles. The van der Waals surface area contributed by atoms with Crippen molar-refractivity contribution in [1.29, 1.82) is 0 Å². The van der Waals surface area contributed by atoms with Crippen LogP contribution in [0.4, 0.5) is 0 Å². The van der Waals surface area contributed by atoms with Crippen molar-refractivity contribution in [1.82, 2.24) is 4.57 Å². The van der Waals surface area contributed by atoms with E-state index in [0.717, 1.165) is 10.9 Å². The van der Waals surface area contributed by atoms with Crippen LogP contribution < -0.4 is 0 Å². The van der Waals surface area contributed by atoms with E-state index in [1.54, 1.807) is 0 Å². The Morgan fingerprint density at radius 2 is 2.05 bits per heavy atom. The first-order valence-electron chi connectivity index (χ1n) is 7.17. The molecule has 0 radical (unpaired) electrons. The average molecular weight is 308 g/mol. The molecule has 2 aromatic rings. The molecule has 0 unspecified atom stereocenters. The van der Waals surface area contributed by atoms with E-state index in [0.29, 0.717) is 37.3 Å². The van der Waals surface area contributed by atoms with Gasteiger partial charge in [-0.2, -0.15) is 0 Å². The zero-order valence-electron chi connectivity index (χ0n) is 11.6. The molecule has 1 aliphatic carbocycles. The third-order valence-electron chi connectivity index (χ3n) is 4.47. The number of carboxylic acid groups (broad SMARTS) is 1. The molecule has 1 saturated carbocycles. The number of aliphatic carboxylic acids is 1.